The molecule has 1 aromatic carbocycles. The highest BCUT2D eigenvalue weighted by molar-refractivity contribution is 6.08. The molecule has 98 valence electrons. The van der Waals surface area contributed by atoms with Crippen molar-refractivity contribution in [3.05, 3.63) is 60.2 Å². The first-order valence-corrected chi connectivity index (χ1v) is 6.03. The van der Waals surface area contributed by atoms with Gasteiger partial charge in [-0.05, 0) is 18.2 Å². The van der Waals surface area contributed by atoms with Crippen LogP contribution in [0.5, 0.6) is 5.75 Å². The van der Waals surface area contributed by atoms with Crippen LogP contribution in [0.15, 0.2) is 48.9 Å². The number of rotatable bonds is 3. The van der Waals surface area contributed by atoms with E-state index in [0.717, 1.165) is 5.52 Å². The zero-order valence-electron chi connectivity index (χ0n) is 10.8. The van der Waals surface area contributed by atoms with Gasteiger partial charge in [0.05, 0.1) is 30.5 Å². The lowest BCUT2D eigenvalue weighted by atomic mass is 10.1. The Bertz CT molecular complexity index is 787. The second-order valence-corrected chi connectivity index (χ2v) is 4.19. The van der Waals surface area contributed by atoms with Crippen LogP contribution in [0.3, 0.4) is 0 Å². The molecule has 5 heteroatoms. The van der Waals surface area contributed by atoms with E-state index in [1.807, 2.05) is 24.3 Å². The number of nitrogens with zero attached hydrogens (tertiary/aromatic N) is 3. The van der Waals surface area contributed by atoms with E-state index in [-0.39, 0.29) is 5.78 Å². The molecule has 0 saturated heterocycles. The summed E-state index contributed by atoms with van der Waals surface area (Å²) in [6.45, 7) is 0. The van der Waals surface area contributed by atoms with Crippen LogP contribution in [-0.4, -0.2) is 27.8 Å². The largest absolute Gasteiger partial charge is 0.495 e. The summed E-state index contributed by atoms with van der Waals surface area (Å²) in [7, 11) is 1.53. The van der Waals surface area contributed by atoms with E-state index in [1.54, 1.807) is 12.3 Å². The monoisotopic (exact) mass is 265 g/mol. The number of fused-ring (bicyclic) bond motifs is 1. The highest BCUT2D eigenvalue weighted by Gasteiger charge is 2.13. The van der Waals surface area contributed by atoms with Crippen LogP contribution in [0.2, 0.25) is 0 Å². The summed E-state index contributed by atoms with van der Waals surface area (Å²) in [5, 5.41) is 0. The Morgan fingerprint density at radius 1 is 1.10 bits per heavy atom. The van der Waals surface area contributed by atoms with Gasteiger partial charge in [0.15, 0.2) is 0 Å². The molecular formula is C15H11N3O2. The first kappa shape index (κ1) is 12.2. The molecule has 2 aromatic heterocycles. The molecule has 0 N–H and O–H groups in total. The summed E-state index contributed by atoms with van der Waals surface area (Å²) in [5.41, 5.74) is 2.16. The minimum absolute atomic E-state index is 0.227. The molecule has 5 nitrogen and oxygen atoms in total. The van der Waals surface area contributed by atoms with E-state index in [1.165, 1.54) is 19.5 Å². The number of hydrogen-bond donors (Lipinski definition) is 0. The van der Waals surface area contributed by atoms with Crippen molar-refractivity contribution in [1.29, 1.82) is 0 Å². The summed E-state index contributed by atoms with van der Waals surface area (Å²) in [4.78, 5) is 24.9. The molecule has 3 aromatic rings. The van der Waals surface area contributed by atoms with Crippen molar-refractivity contribution < 1.29 is 9.53 Å². The van der Waals surface area contributed by atoms with E-state index >= 15 is 0 Å². The van der Waals surface area contributed by atoms with Gasteiger partial charge in [-0.15, -0.1) is 0 Å². The molecule has 0 spiro atoms. The average Bonchev–Trinajstić information content (AvgIpc) is 2.53. The SMILES string of the molecule is COc1cncc(C(=O)c2cnc3ccccc3n2)c1. The van der Waals surface area contributed by atoms with Crippen LogP contribution in [0.25, 0.3) is 11.0 Å². The third-order valence-electron chi connectivity index (χ3n) is 2.89. The van der Waals surface area contributed by atoms with Gasteiger partial charge in [0.2, 0.25) is 5.78 Å². The quantitative estimate of drug-likeness (QED) is 0.680. The number of aromatic nitrogens is 3. The Morgan fingerprint density at radius 2 is 1.90 bits per heavy atom. The van der Waals surface area contributed by atoms with E-state index in [2.05, 4.69) is 15.0 Å². The fourth-order valence-corrected chi connectivity index (χ4v) is 1.87. The van der Waals surface area contributed by atoms with Crippen LogP contribution < -0.4 is 4.74 Å². The van der Waals surface area contributed by atoms with Crippen molar-refractivity contribution in [2.45, 2.75) is 0 Å². The number of benzene rings is 1. The number of ether oxygens (including phenoxy) is 1. The van der Waals surface area contributed by atoms with Crippen LogP contribution in [-0.2, 0) is 0 Å². The molecule has 0 atom stereocenters. The van der Waals surface area contributed by atoms with Crippen molar-refractivity contribution in [3.63, 3.8) is 0 Å². The van der Waals surface area contributed by atoms with Crippen molar-refractivity contribution >= 4 is 16.8 Å². The van der Waals surface area contributed by atoms with Gasteiger partial charge < -0.3 is 4.74 Å². The lowest BCUT2D eigenvalue weighted by Crippen LogP contribution is -2.06. The number of hydrogen-bond acceptors (Lipinski definition) is 5. The molecule has 0 fully saturated rings. The normalized spacial score (nSPS) is 10.4. The number of methoxy groups -OCH3 is 1. The molecule has 0 aliphatic carbocycles. The van der Waals surface area contributed by atoms with Gasteiger partial charge in [-0.3, -0.25) is 14.8 Å². The minimum atomic E-state index is -0.227. The Balaban J connectivity index is 2.03. The molecule has 0 aliphatic rings. The predicted molar refractivity (Wildman–Crippen MR) is 73.8 cm³/mol. The predicted octanol–water partition coefficient (Wildman–Crippen LogP) is 2.26. The lowest BCUT2D eigenvalue weighted by molar-refractivity contribution is 0.103. The first-order chi connectivity index (χ1) is 9.78. The average molecular weight is 265 g/mol. The maximum atomic E-state index is 12.4. The second-order valence-electron chi connectivity index (χ2n) is 4.19. The topological polar surface area (TPSA) is 65.0 Å². The summed E-state index contributed by atoms with van der Waals surface area (Å²) >= 11 is 0. The number of carbonyl (C=O) groups excluding carboxylic acids is 1. The minimum Gasteiger partial charge on any atom is -0.495 e. The van der Waals surface area contributed by atoms with Gasteiger partial charge in [0.25, 0.3) is 0 Å². The second kappa shape index (κ2) is 5.05. The Hall–Kier alpha value is -2.82. The van der Waals surface area contributed by atoms with Crippen molar-refractivity contribution in [3.8, 4) is 5.75 Å². The van der Waals surface area contributed by atoms with Crippen molar-refractivity contribution in [1.82, 2.24) is 15.0 Å². The molecule has 0 amide bonds. The lowest BCUT2D eigenvalue weighted by Gasteiger charge is -2.03. The highest BCUT2D eigenvalue weighted by Crippen LogP contribution is 2.15. The highest BCUT2D eigenvalue weighted by atomic mass is 16.5. The van der Waals surface area contributed by atoms with Crippen LogP contribution in [0.1, 0.15) is 16.1 Å². The van der Waals surface area contributed by atoms with E-state index in [0.29, 0.717) is 22.5 Å². The zero-order chi connectivity index (χ0) is 13.9. The number of pyridine rings is 1. The van der Waals surface area contributed by atoms with Crippen LogP contribution in [0.4, 0.5) is 0 Å². The van der Waals surface area contributed by atoms with E-state index in [4.69, 9.17) is 4.74 Å². The fourth-order valence-electron chi connectivity index (χ4n) is 1.87. The maximum absolute atomic E-state index is 12.4. The number of carbonyl (C=O) groups is 1. The third-order valence-corrected chi connectivity index (χ3v) is 2.89. The number of ketones is 1. The van der Waals surface area contributed by atoms with Gasteiger partial charge >= 0.3 is 0 Å². The zero-order valence-corrected chi connectivity index (χ0v) is 10.8. The molecule has 0 saturated carbocycles. The Morgan fingerprint density at radius 3 is 2.70 bits per heavy atom. The summed E-state index contributed by atoms with van der Waals surface area (Å²) < 4.78 is 5.06. The molecule has 2 heterocycles. The van der Waals surface area contributed by atoms with Gasteiger partial charge in [0, 0.05) is 11.8 Å². The molecule has 0 unspecified atom stereocenters. The van der Waals surface area contributed by atoms with Crippen molar-refractivity contribution in [2.75, 3.05) is 7.11 Å². The summed E-state index contributed by atoms with van der Waals surface area (Å²) in [6, 6.07) is 9.04. The molecule has 3 rings (SSSR count). The van der Waals surface area contributed by atoms with Gasteiger partial charge in [0.1, 0.15) is 11.4 Å². The molecule has 0 aliphatic heterocycles. The number of para-hydroxylation sites is 2. The van der Waals surface area contributed by atoms with Crippen molar-refractivity contribution in [2.24, 2.45) is 0 Å². The van der Waals surface area contributed by atoms with E-state index < -0.39 is 0 Å². The molecule has 20 heavy (non-hydrogen) atoms. The van der Waals surface area contributed by atoms with Crippen LogP contribution in [0, 0.1) is 0 Å². The van der Waals surface area contributed by atoms with Gasteiger partial charge in [-0.2, -0.15) is 0 Å². The molecule has 0 bridgehead atoms. The fraction of sp³-hybridized carbons (Fsp3) is 0.0667. The first-order valence-electron chi connectivity index (χ1n) is 6.03. The molecular weight excluding hydrogens is 254 g/mol. The third kappa shape index (κ3) is 2.21. The summed E-state index contributed by atoms with van der Waals surface area (Å²) in [5.74, 6) is 0.305. The van der Waals surface area contributed by atoms with Gasteiger partial charge in [-0.25, -0.2) is 4.98 Å². The van der Waals surface area contributed by atoms with E-state index in [9.17, 15) is 4.79 Å². The van der Waals surface area contributed by atoms with Crippen LogP contribution >= 0.6 is 0 Å². The van der Waals surface area contributed by atoms with Gasteiger partial charge in [-0.1, -0.05) is 12.1 Å². The standard InChI is InChI=1S/C15H11N3O2/c1-20-11-6-10(7-16-8-11)15(19)14-9-17-12-4-2-3-5-13(12)18-14/h2-9H,1H3. The summed E-state index contributed by atoms with van der Waals surface area (Å²) in [6.07, 6.45) is 4.51. The smallest absolute Gasteiger partial charge is 0.214 e. The Kier molecular flexibility index (Phi) is 3.09. The Labute approximate surface area is 115 Å². The maximum Gasteiger partial charge on any atom is 0.214 e. The molecule has 0 radical (unpaired) electrons.